The van der Waals surface area contributed by atoms with Crippen molar-refractivity contribution in [2.24, 2.45) is 0 Å². The highest BCUT2D eigenvalue weighted by Crippen LogP contribution is 2.60. The summed E-state index contributed by atoms with van der Waals surface area (Å²) in [4.78, 5) is 0. The minimum absolute atomic E-state index is 0.269. The molecule has 0 amide bonds. The van der Waals surface area contributed by atoms with Crippen LogP contribution in [0.15, 0.2) is 16.6 Å². The number of hydrogen-bond acceptors (Lipinski definition) is 3. The van der Waals surface area contributed by atoms with Crippen molar-refractivity contribution in [2.75, 3.05) is 11.5 Å². The zero-order valence-electron chi connectivity index (χ0n) is 13.0. The highest BCUT2D eigenvalue weighted by atomic mass is 79.9. The van der Waals surface area contributed by atoms with E-state index in [1.807, 2.05) is 0 Å². The van der Waals surface area contributed by atoms with Crippen LogP contribution in [-0.2, 0) is 0 Å². The van der Waals surface area contributed by atoms with Crippen LogP contribution in [0.5, 0.6) is 5.75 Å². The smallest absolute Gasteiger partial charge is 0.427 e. The van der Waals surface area contributed by atoms with Crippen LogP contribution in [0, 0.1) is 0 Å². The summed E-state index contributed by atoms with van der Waals surface area (Å²) in [5.41, 5.74) is 9.11. The van der Waals surface area contributed by atoms with Gasteiger partial charge in [-0.2, -0.15) is 57.1 Å². The Morgan fingerprint density at radius 1 is 0.655 bits per heavy atom. The molecule has 0 heterocycles. The quantitative estimate of drug-likeness (QED) is 0.374. The Morgan fingerprint density at radius 2 is 1.07 bits per heavy atom. The van der Waals surface area contributed by atoms with Crippen LogP contribution in [-0.4, -0.2) is 36.0 Å². The Labute approximate surface area is 159 Å². The molecule has 0 atom stereocenters. The molecule has 17 heteroatoms. The summed E-state index contributed by atoms with van der Waals surface area (Å²) in [5.74, 6) is -32.9. The molecule has 0 saturated heterocycles. The first-order valence-electron chi connectivity index (χ1n) is 6.54. The Balaban J connectivity index is 3.51. The van der Waals surface area contributed by atoms with Crippen molar-refractivity contribution in [1.29, 1.82) is 0 Å². The van der Waals surface area contributed by atoms with E-state index in [1.165, 1.54) is 0 Å². The molecule has 0 saturated carbocycles. The molecular weight excluding hydrogens is 515 g/mol. The average molecular weight is 521 g/mol. The van der Waals surface area contributed by atoms with E-state index < -0.39 is 57.6 Å². The number of ether oxygens (including phenoxy) is 1. The molecule has 0 radical (unpaired) electrons. The maximum atomic E-state index is 13.6. The molecule has 0 aliphatic rings. The van der Waals surface area contributed by atoms with Crippen LogP contribution in [0.25, 0.3) is 0 Å². The van der Waals surface area contributed by atoms with E-state index in [2.05, 4.69) is 20.7 Å². The lowest BCUT2D eigenvalue weighted by atomic mass is 9.97. The van der Waals surface area contributed by atoms with Gasteiger partial charge in [0.2, 0.25) is 0 Å². The van der Waals surface area contributed by atoms with Gasteiger partial charge in [-0.25, -0.2) is 0 Å². The maximum Gasteiger partial charge on any atom is 0.471 e. The van der Waals surface area contributed by atoms with Gasteiger partial charge in [0.05, 0.1) is 10.2 Å². The van der Waals surface area contributed by atoms with Crippen LogP contribution in [0.4, 0.5) is 68.5 Å². The Kier molecular flexibility index (Phi) is 5.97. The van der Waals surface area contributed by atoms with Gasteiger partial charge in [0.1, 0.15) is 5.75 Å². The highest BCUT2D eigenvalue weighted by Gasteiger charge is 2.91. The van der Waals surface area contributed by atoms with Crippen LogP contribution in [0.1, 0.15) is 0 Å². The summed E-state index contributed by atoms with van der Waals surface area (Å²) in [6.07, 6.45) is -14.2. The lowest BCUT2D eigenvalue weighted by molar-refractivity contribution is -0.456. The largest absolute Gasteiger partial charge is 0.471 e. The van der Waals surface area contributed by atoms with Gasteiger partial charge in [0, 0.05) is 11.8 Å². The number of hydrogen-bond donors (Lipinski definition) is 2. The summed E-state index contributed by atoms with van der Waals surface area (Å²) in [5, 5.41) is 0. The second kappa shape index (κ2) is 6.87. The number of nitrogen functional groups attached to an aromatic ring is 2. The molecule has 3 nitrogen and oxygen atoms in total. The van der Waals surface area contributed by atoms with Crippen molar-refractivity contribution in [2.45, 2.75) is 36.0 Å². The van der Waals surface area contributed by atoms with Gasteiger partial charge < -0.3 is 16.2 Å². The monoisotopic (exact) mass is 520 g/mol. The number of halogens is 14. The SMILES string of the molecule is Nc1cc(N)c(Br)c(OC(F)(F)C(F)(F)C(F)(F)C(F)(F)C(F)(F)C(F)(F)F)c1. The van der Waals surface area contributed by atoms with Crippen LogP contribution >= 0.6 is 15.9 Å². The third kappa shape index (κ3) is 3.72. The number of alkyl halides is 13. The van der Waals surface area contributed by atoms with Gasteiger partial charge in [-0.3, -0.25) is 0 Å². The third-order valence-electron chi connectivity index (χ3n) is 3.23. The first-order chi connectivity index (χ1) is 12.5. The number of nitrogens with two attached hydrogens (primary N) is 2. The van der Waals surface area contributed by atoms with E-state index >= 15 is 0 Å². The molecule has 1 aromatic carbocycles. The van der Waals surface area contributed by atoms with E-state index in [9.17, 15) is 57.1 Å². The summed E-state index contributed by atoms with van der Waals surface area (Å²) >= 11 is 2.39. The lowest BCUT2D eigenvalue weighted by Gasteiger charge is -2.39. The molecule has 0 spiro atoms. The minimum Gasteiger partial charge on any atom is -0.427 e. The maximum absolute atomic E-state index is 13.6. The van der Waals surface area contributed by atoms with E-state index in [1.54, 1.807) is 0 Å². The van der Waals surface area contributed by atoms with Gasteiger partial charge >= 0.3 is 36.0 Å². The van der Waals surface area contributed by atoms with E-state index in [0.29, 0.717) is 0 Å². The minimum atomic E-state index is -8.01. The normalized spacial score (nSPS) is 14.8. The molecule has 29 heavy (non-hydrogen) atoms. The van der Waals surface area contributed by atoms with Gasteiger partial charge in [0.25, 0.3) is 0 Å². The summed E-state index contributed by atoms with van der Waals surface area (Å²) < 4.78 is 171. The molecule has 1 rings (SSSR count). The van der Waals surface area contributed by atoms with E-state index in [-0.39, 0.29) is 6.07 Å². The fourth-order valence-corrected chi connectivity index (χ4v) is 1.98. The van der Waals surface area contributed by atoms with Crippen molar-refractivity contribution in [3.8, 4) is 5.75 Å². The third-order valence-corrected chi connectivity index (χ3v) is 4.08. The first-order valence-corrected chi connectivity index (χ1v) is 7.33. The molecular formula is C12H6BrF13N2O. The first kappa shape index (κ1) is 25.2. The Bertz CT molecular complexity index is 778. The fourth-order valence-electron chi connectivity index (χ4n) is 1.67. The molecule has 0 aliphatic carbocycles. The van der Waals surface area contributed by atoms with Gasteiger partial charge in [-0.1, -0.05) is 0 Å². The predicted molar refractivity (Wildman–Crippen MR) is 74.4 cm³/mol. The standard InChI is InChI=1S/C12H6BrF13N2O/c13-6-4(28)1-3(27)2-5(6)29-12(25,26)10(20,21)8(16,17)7(14,15)9(18,19)11(22,23)24/h1-2H,27-28H2. The van der Waals surface area contributed by atoms with Crippen LogP contribution in [0.3, 0.4) is 0 Å². The molecule has 0 fully saturated rings. The number of anilines is 2. The molecule has 0 bridgehead atoms. The molecule has 168 valence electrons. The van der Waals surface area contributed by atoms with Gasteiger partial charge in [-0.15, -0.1) is 0 Å². The molecule has 0 unspecified atom stereocenters. The van der Waals surface area contributed by atoms with Crippen molar-refractivity contribution in [1.82, 2.24) is 0 Å². The summed E-state index contributed by atoms with van der Waals surface area (Å²) in [6.45, 7) is 0. The molecule has 1 aromatic rings. The molecule has 4 N–H and O–H groups in total. The van der Waals surface area contributed by atoms with Crippen molar-refractivity contribution in [3.63, 3.8) is 0 Å². The Morgan fingerprint density at radius 3 is 1.48 bits per heavy atom. The summed E-state index contributed by atoms with van der Waals surface area (Å²) in [6, 6.07) is 1.09. The lowest BCUT2D eigenvalue weighted by Crippen LogP contribution is -2.70. The highest BCUT2D eigenvalue weighted by molar-refractivity contribution is 9.10. The topological polar surface area (TPSA) is 61.3 Å². The molecule has 0 aromatic heterocycles. The fraction of sp³-hybridized carbons (Fsp3) is 0.500. The van der Waals surface area contributed by atoms with Crippen molar-refractivity contribution < 1.29 is 61.8 Å². The second-order valence-electron chi connectivity index (χ2n) is 5.34. The zero-order chi connectivity index (χ0) is 23.4. The van der Waals surface area contributed by atoms with Crippen LogP contribution < -0.4 is 16.2 Å². The number of rotatable bonds is 6. The van der Waals surface area contributed by atoms with Crippen molar-refractivity contribution >= 4 is 27.3 Å². The Hall–Kier alpha value is -1.81. The number of benzene rings is 1. The van der Waals surface area contributed by atoms with Crippen LogP contribution in [0.2, 0.25) is 0 Å². The van der Waals surface area contributed by atoms with E-state index in [0.717, 1.165) is 6.07 Å². The zero-order valence-corrected chi connectivity index (χ0v) is 14.6. The molecule has 0 aliphatic heterocycles. The van der Waals surface area contributed by atoms with Gasteiger partial charge in [-0.05, 0) is 22.0 Å². The summed E-state index contributed by atoms with van der Waals surface area (Å²) in [7, 11) is 0. The van der Waals surface area contributed by atoms with E-state index in [4.69, 9.17) is 11.5 Å². The van der Waals surface area contributed by atoms with Crippen molar-refractivity contribution in [3.05, 3.63) is 16.6 Å². The average Bonchev–Trinajstić information content (AvgIpc) is 2.49. The second-order valence-corrected chi connectivity index (χ2v) is 6.13. The predicted octanol–water partition coefficient (Wildman–Crippen LogP) is 5.69. The van der Waals surface area contributed by atoms with Gasteiger partial charge in [0.15, 0.2) is 0 Å².